The average Bonchev–Trinajstić information content (AvgIpc) is 2.48. The van der Waals surface area contributed by atoms with Crippen molar-refractivity contribution in [2.45, 2.75) is 19.4 Å². The maximum Gasteiger partial charge on any atom is 0.174 e. The molecule has 0 aromatic heterocycles. The van der Waals surface area contributed by atoms with Crippen molar-refractivity contribution in [1.29, 1.82) is 0 Å². The second-order valence-corrected chi connectivity index (χ2v) is 6.55. The molecule has 5 heteroatoms. The molecule has 1 aromatic carbocycles. The molecule has 1 N–H and O–H groups in total. The van der Waals surface area contributed by atoms with Crippen LogP contribution in [0.25, 0.3) is 0 Å². The minimum absolute atomic E-state index is 0.747. The van der Waals surface area contributed by atoms with E-state index in [0.717, 1.165) is 35.0 Å². The van der Waals surface area contributed by atoms with Gasteiger partial charge in [0.2, 0.25) is 0 Å². The molecule has 0 spiro atoms. The Bertz CT molecular complexity index is 460. The van der Waals surface area contributed by atoms with Gasteiger partial charge in [-0.15, -0.1) is 0 Å². The van der Waals surface area contributed by atoms with Gasteiger partial charge < -0.3 is 19.7 Å². The van der Waals surface area contributed by atoms with Crippen LogP contribution in [0.2, 0.25) is 0 Å². The molecule has 4 nitrogen and oxygen atoms in total. The van der Waals surface area contributed by atoms with Crippen molar-refractivity contribution < 1.29 is 9.47 Å². The van der Waals surface area contributed by atoms with E-state index in [1.54, 1.807) is 14.2 Å². The minimum Gasteiger partial charge on any atom is -0.493 e. The number of likely N-dealkylation sites (tertiary alicyclic amines) is 1. The van der Waals surface area contributed by atoms with E-state index in [9.17, 15) is 0 Å². The van der Waals surface area contributed by atoms with Crippen LogP contribution in [0.15, 0.2) is 16.6 Å². The van der Waals surface area contributed by atoms with Crippen LogP contribution < -0.4 is 14.8 Å². The molecule has 118 valence electrons. The maximum absolute atomic E-state index is 5.38. The van der Waals surface area contributed by atoms with Crippen molar-refractivity contribution in [3.05, 3.63) is 22.2 Å². The first-order valence-corrected chi connectivity index (χ1v) is 8.23. The zero-order valence-electron chi connectivity index (χ0n) is 13.1. The first-order chi connectivity index (χ1) is 10.1. The topological polar surface area (TPSA) is 33.7 Å². The van der Waals surface area contributed by atoms with Gasteiger partial charge in [-0.05, 0) is 79.1 Å². The second kappa shape index (κ2) is 8.01. The number of ether oxygens (including phenoxy) is 2. The molecule has 1 aliphatic rings. The molecule has 1 aromatic rings. The molecule has 0 atom stereocenters. The van der Waals surface area contributed by atoms with Gasteiger partial charge in [-0.2, -0.15) is 0 Å². The molecular weight excluding hydrogens is 332 g/mol. The third kappa shape index (κ3) is 4.59. The third-order valence-electron chi connectivity index (χ3n) is 4.09. The van der Waals surface area contributed by atoms with Crippen molar-refractivity contribution in [3.63, 3.8) is 0 Å². The number of halogens is 1. The standard InChI is InChI=1S/C16H25BrN2O2/c1-19-6-4-12(5-7-19)10-18-11-13-8-14(17)16(21-3)15(9-13)20-2/h8-9,12,18H,4-7,10-11H2,1-3H3. The molecular formula is C16H25BrN2O2. The highest BCUT2D eigenvalue weighted by Crippen LogP contribution is 2.36. The Kier molecular flexibility index (Phi) is 6.33. The molecule has 1 saturated heterocycles. The summed E-state index contributed by atoms with van der Waals surface area (Å²) in [6.45, 7) is 4.37. The monoisotopic (exact) mass is 356 g/mol. The van der Waals surface area contributed by atoms with Crippen LogP contribution in [0.3, 0.4) is 0 Å². The van der Waals surface area contributed by atoms with E-state index in [4.69, 9.17) is 9.47 Å². The van der Waals surface area contributed by atoms with E-state index in [2.05, 4.69) is 39.3 Å². The highest BCUT2D eigenvalue weighted by Gasteiger charge is 2.16. The fourth-order valence-corrected chi connectivity index (χ4v) is 3.41. The lowest BCUT2D eigenvalue weighted by Crippen LogP contribution is -2.34. The molecule has 0 amide bonds. The number of nitrogens with one attached hydrogen (secondary N) is 1. The average molecular weight is 357 g/mol. The summed E-state index contributed by atoms with van der Waals surface area (Å²) < 4.78 is 11.6. The molecule has 0 unspecified atom stereocenters. The Morgan fingerprint density at radius 3 is 2.57 bits per heavy atom. The summed E-state index contributed by atoms with van der Waals surface area (Å²) in [6.07, 6.45) is 2.58. The first-order valence-electron chi connectivity index (χ1n) is 7.43. The fourth-order valence-electron chi connectivity index (χ4n) is 2.76. The van der Waals surface area contributed by atoms with Crippen LogP contribution in [0.5, 0.6) is 11.5 Å². The summed E-state index contributed by atoms with van der Waals surface area (Å²) in [5.41, 5.74) is 1.20. The Morgan fingerprint density at radius 2 is 1.95 bits per heavy atom. The van der Waals surface area contributed by atoms with Gasteiger partial charge in [0.25, 0.3) is 0 Å². The molecule has 0 saturated carbocycles. The van der Waals surface area contributed by atoms with Gasteiger partial charge in [0.1, 0.15) is 0 Å². The van der Waals surface area contributed by atoms with Gasteiger partial charge in [-0.3, -0.25) is 0 Å². The zero-order chi connectivity index (χ0) is 15.2. The van der Waals surface area contributed by atoms with Gasteiger partial charge in [-0.25, -0.2) is 0 Å². The summed E-state index contributed by atoms with van der Waals surface area (Å²) in [6, 6.07) is 4.12. The fraction of sp³-hybridized carbons (Fsp3) is 0.625. The maximum atomic E-state index is 5.38. The van der Waals surface area contributed by atoms with Crippen molar-refractivity contribution >= 4 is 15.9 Å². The Morgan fingerprint density at radius 1 is 1.24 bits per heavy atom. The Balaban J connectivity index is 1.87. The normalized spacial score (nSPS) is 17.0. The number of methoxy groups -OCH3 is 2. The summed E-state index contributed by atoms with van der Waals surface area (Å²) >= 11 is 3.54. The van der Waals surface area contributed by atoms with Crippen LogP contribution in [0, 0.1) is 5.92 Å². The number of rotatable bonds is 6. The zero-order valence-corrected chi connectivity index (χ0v) is 14.7. The van der Waals surface area contributed by atoms with Gasteiger partial charge in [0, 0.05) is 6.54 Å². The summed E-state index contributed by atoms with van der Waals surface area (Å²) in [5.74, 6) is 2.31. The lowest BCUT2D eigenvalue weighted by molar-refractivity contribution is 0.216. The number of piperidine rings is 1. The van der Waals surface area contributed by atoms with Gasteiger partial charge >= 0.3 is 0 Å². The second-order valence-electron chi connectivity index (χ2n) is 5.69. The summed E-state index contributed by atoms with van der Waals surface area (Å²) in [4.78, 5) is 2.40. The van der Waals surface area contributed by atoms with E-state index in [0.29, 0.717) is 0 Å². The molecule has 21 heavy (non-hydrogen) atoms. The van der Waals surface area contributed by atoms with Crippen molar-refractivity contribution in [3.8, 4) is 11.5 Å². The van der Waals surface area contributed by atoms with E-state index in [-0.39, 0.29) is 0 Å². The largest absolute Gasteiger partial charge is 0.493 e. The van der Waals surface area contributed by atoms with Crippen LogP contribution >= 0.6 is 15.9 Å². The molecule has 1 aliphatic heterocycles. The van der Waals surface area contributed by atoms with Crippen LogP contribution in [0.4, 0.5) is 0 Å². The van der Waals surface area contributed by atoms with Crippen LogP contribution in [-0.4, -0.2) is 45.8 Å². The smallest absolute Gasteiger partial charge is 0.174 e. The number of benzene rings is 1. The number of hydrogen-bond acceptors (Lipinski definition) is 4. The molecule has 1 fully saturated rings. The van der Waals surface area contributed by atoms with Crippen molar-refractivity contribution in [2.24, 2.45) is 5.92 Å². The van der Waals surface area contributed by atoms with Crippen LogP contribution in [0.1, 0.15) is 18.4 Å². The highest BCUT2D eigenvalue weighted by molar-refractivity contribution is 9.10. The summed E-state index contributed by atoms with van der Waals surface area (Å²) in [5, 5.41) is 3.57. The third-order valence-corrected chi connectivity index (χ3v) is 4.68. The van der Waals surface area contributed by atoms with E-state index in [1.165, 1.54) is 31.5 Å². The first kappa shape index (κ1) is 16.6. The van der Waals surface area contributed by atoms with E-state index in [1.807, 2.05) is 6.07 Å². The lowest BCUT2D eigenvalue weighted by atomic mass is 9.97. The SMILES string of the molecule is COc1cc(CNCC2CCN(C)CC2)cc(Br)c1OC. The minimum atomic E-state index is 0.747. The number of hydrogen-bond donors (Lipinski definition) is 1. The lowest BCUT2D eigenvalue weighted by Gasteiger charge is -2.29. The van der Waals surface area contributed by atoms with E-state index >= 15 is 0 Å². The molecule has 0 aliphatic carbocycles. The van der Waals surface area contributed by atoms with Gasteiger partial charge in [0.05, 0.1) is 18.7 Å². The summed E-state index contributed by atoms with van der Waals surface area (Å²) in [7, 11) is 5.52. The Labute approximate surface area is 135 Å². The van der Waals surface area contributed by atoms with Gasteiger partial charge in [0.15, 0.2) is 11.5 Å². The highest BCUT2D eigenvalue weighted by atomic mass is 79.9. The predicted octanol–water partition coefficient (Wildman–Crippen LogP) is 2.90. The van der Waals surface area contributed by atoms with Gasteiger partial charge in [-0.1, -0.05) is 0 Å². The number of nitrogens with zero attached hydrogens (tertiary/aromatic N) is 1. The molecule has 0 bridgehead atoms. The van der Waals surface area contributed by atoms with E-state index < -0.39 is 0 Å². The Hall–Kier alpha value is -0.780. The molecule has 2 rings (SSSR count). The molecule has 1 heterocycles. The van der Waals surface area contributed by atoms with Crippen LogP contribution in [-0.2, 0) is 6.54 Å². The molecule has 0 radical (unpaired) electrons. The van der Waals surface area contributed by atoms with Crippen molar-refractivity contribution in [1.82, 2.24) is 10.2 Å². The predicted molar refractivity (Wildman–Crippen MR) is 89.2 cm³/mol. The van der Waals surface area contributed by atoms with Crippen molar-refractivity contribution in [2.75, 3.05) is 40.9 Å². The quantitative estimate of drug-likeness (QED) is 0.849.